The first-order valence-corrected chi connectivity index (χ1v) is 10.1. The highest BCUT2D eigenvalue weighted by Gasteiger charge is 2.23. The summed E-state index contributed by atoms with van der Waals surface area (Å²) < 4.78 is 28.2. The van der Waals surface area contributed by atoms with E-state index in [0.29, 0.717) is 6.54 Å². The van der Waals surface area contributed by atoms with E-state index in [1.54, 1.807) is 12.1 Å². The molecule has 22 heavy (non-hydrogen) atoms. The van der Waals surface area contributed by atoms with E-state index in [-0.39, 0.29) is 16.0 Å². The summed E-state index contributed by atoms with van der Waals surface area (Å²) in [6.45, 7) is 6.78. The molecule has 7 heteroatoms. The van der Waals surface area contributed by atoms with Gasteiger partial charge in [0.05, 0.1) is 5.02 Å². The molecule has 0 aliphatic carbocycles. The summed E-state index contributed by atoms with van der Waals surface area (Å²) in [5.41, 5.74) is 0. The van der Waals surface area contributed by atoms with Crippen LogP contribution >= 0.6 is 27.5 Å². The van der Waals surface area contributed by atoms with Crippen molar-refractivity contribution in [1.29, 1.82) is 0 Å². The van der Waals surface area contributed by atoms with Gasteiger partial charge in [-0.25, -0.2) is 13.1 Å². The van der Waals surface area contributed by atoms with E-state index < -0.39 is 10.0 Å². The SMILES string of the molecule is CC1CCN(C(C)CNS(=O)(=O)c2ccc(Br)cc2Cl)CC1. The molecule has 0 bridgehead atoms. The molecule has 1 aliphatic heterocycles. The maximum Gasteiger partial charge on any atom is 0.242 e. The zero-order valence-electron chi connectivity index (χ0n) is 12.9. The molecule has 124 valence electrons. The molecular weight excluding hydrogens is 388 g/mol. The van der Waals surface area contributed by atoms with Gasteiger partial charge >= 0.3 is 0 Å². The van der Waals surface area contributed by atoms with Crippen molar-refractivity contribution in [3.8, 4) is 0 Å². The van der Waals surface area contributed by atoms with Gasteiger partial charge in [0.15, 0.2) is 0 Å². The highest BCUT2D eigenvalue weighted by molar-refractivity contribution is 9.10. The third-order valence-electron chi connectivity index (χ3n) is 4.19. The summed E-state index contributed by atoms with van der Waals surface area (Å²) in [6, 6.07) is 4.96. The smallest absolute Gasteiger partial charge is 0.242 e. The molecule has 0 saturated carbocycles. The Kier molecular flexibility index (Phi) is 6.30. The molecule has 1 N–H and O–H groups in total. The summed E-state index contributed by atoms with van der Waals surface area (Å²) in [5, 5.41) is 0.223. The molecule has 1 fully saturated rings. The van der Waals surface area contributed by atoms with Crippen LogP contribution in [0, 0.1) is 5.92 Å². The topological polar surface area (TPSA) is 49.4 Å². The Morgan fingerprint density at radius 1 is 1.41 bits per heavy atom. The molecule has 1 aromatic rings. The van der Waals surface area contributed by atoms with Crippen molar-refractivity contribution in [2.45, 2.75) is 37.6 Å². The van der Waals surface area contributed by atoms with Crippen LogP contribution in [0.25, 0.3) is 0 Å². The fraction of sp³-hybridized carbons (Fsp3) is 0.600. The van der Waals surface area contributed by atoms with Crippen LogP contribution in [-0.2, 0) is 10.0 Å². The van der Waals surface area contributed by atoms with Crippen molar-refractivity contribution < 1.29 is 8.42 Å². The van der Waals surface area contributed by atoms with Crippen LogP contribution in [0.1, 0.15) is 26.7 Å². The maximum absolute atomic E-state index is 12.4. The quantitative estimate of drug-likeness (QED) is 0.809. The van der Waals surface area contributed by atoms with Crippen molar-refractivity contribution >= 4 is 37.6 Å². The van der Waals surface area contributed by atoms with E-state index in [9.17, 15) is 8.42 Å². The lowest BCUT2D eigenvalue weighted by molar-refractivity contribution is 0.148. The minimum absolute atomic E-state index is 0.122. The van der Waals surface area contributed by atoms with E-state index in [4.69, 9.17) is 11.6 Å². The van der Waals surface area contributed by atoms with Gasteiger partial charge in [-0.2, -0.15) is 0 Å². The molecule has 0 amide bonds. The van der Waals surface area contributed by atoms with Gasteiger partial charge < -0.3 is 0 Å². The first kappa shape index (κ1) is 18.2. The van der Waals surface area contributed by atoms with E-state index in [0.717, 1.165) is 23.5 Å². The van der Waals surface area contributed by atoms with Gasteiger partial charge in [0.25, 0.3) is 0 Å². The average Bonchev–Trinajstić information content (AvgIpc) is 2.45. The molecular formula is C15H22BrClN2O2S. The van der Waals surface area contributed by atoms with Gasteiger partial charge in [0.1, 0.15) is 4.90 Å². The zero-order valence-corrected chi connectivity index (χ0v) is 16.0. The highest BCUT2D eigenvalue weighted by atomic mass is 79.9. The van der Waals surface area contributed by atoms with Gasteiger partial charge in [0.2, 0.25) is 10.0 Å². The summed E-state index contributed by atoms with van der Waals surface area (Å²) in [6.07, 6.45) is 2.35. The molecule has 1 aliphatic rings. The monoisotopic (exact) mass is 408 g/mol. The maximum atomic E-state index is 12.4. The second kappa shape index (κ2) is 7.62. The van der Waals surface area contributed by atoms with Crippen molar-refractivity contribution in [3.63, 3.8) is 0 Å². The van der Waals surface area contributed by atoms with Crippen LogP contribution in [0.4, 0.5) is 0 Å². The molecule has 1 unspecified atom stereocenters. The number of benzene rings is 1. The van der Waals surface area contributed by atoms with Crippen LogP contribution in [0.2, 0.25) is 5.02 Å². The first-order valence-electron chi connectivity index (χ1n) is 7.48. The second-order valence-corrected chi connectivity index (χ2v) is 9.05. The number of piperidine rings is 1. The van der Waals surface area contributed by atoms with Gasteiger partial charge in [-0.3, -0.25) is 4.90 Å². The van der Waals surface area contributed by atoms with Crippen LogP contribution in [0.15, 0.2) is 27.6 Å². The van der Waals surface area contributed by atoms with Crippen molar-refractivity contribution in [2.75, 3.05) is 19.6 Å². The average molecular weight is 410 g/mol. The Bertz CT molecular complexity index is 616. The molecule has 1 atom stereocenters. The zero-order chi connectivity index (χ0) is 16.3. The Morgan fingerprint density at radius 3 is 2.64 bits per heavy atom. The number of rotatable bonds is 5. The number of likely N-dealkylation sites (tertiary alicyclic amines) is 1. The van der Waals surface area contributed by atoms with E-state index in [2.05, 4.69) is 39.4 Å². The number of sulfonamides is 1. The number of nitrogens with zero attached hydrogens (tertiary/aromatic N) is 1. The number of hydrogen-bond donors (Lipinski definition) is 1. The molecule has 1 saturated heterocycles. The van der Waals surface area contributed by atoms with Crippen molar-refractivity contribution in [2.24, 2.45) is 5.92 Å². The van der Waals surface area contributed by atoms with Crippen LogP contribution in [0.5, 0.6) is 0 Å². The molecule has 0 radical (unpaired) electrons. The van der Waals surface area contributed by atoms with Crippen LogP contribution in [0.3, 0.4) is 0 Å². The molecule has 2 rings (SSSR count). The van der Waals surface area contributed by atoms with E-state index in [1.807, 2.05) is 0 Å². The number of halogens is 2. The minimum Gasteiger partial charge on any atom is -0.299 e. The van der Waals surface area contributed by atoms with E-state index in [1.165, 1.54) is 18.9 Å². The summed E-state index contributed by atoms with van der Waals surface area (Å²) in [7, 11) is -3.58. The summed E-state index contributed by atoms with van der Waals surface area (Å²) in [5.74, 6) is 0.765. The number of hydrogen-bond acceptors (Lipinski definition) is 3. The van der Waals surface area contributed by atoms with Gasteiger partial charge in [0, 0.05) is 17.1 Å². The summed E-state index contributed by atoms with van der Waals surface area (Å²) in [4.78, 5) is 2.46. The normalized spacial score (nSPS) is 19.3. The fourth-order valence-corrected chi connectivity index (χ4v) is 4.76. The summed E-state index contributed by atoms with van der Waals surface area (Å²) >= 11 is 9.31. The molecule has 4 nitrogen and oxygen atoms in total. The molecule has 0 spiro atoms. The predicted octanol–water partition coefficient (Wildman–Crippen LogP) is 3.50. The minimum atomic E-state index is -3.58. The first-order chi connectivity index (χ1) is 10.3. The second-order valence-electron chi connectivity index (χ2n) is 5.99. The van der Waals surface area contributed by atoms with Crippen molar-refractivity contribution in [3.05, 3.63) is 27.7 Å². The Morgan fingerprint density at radius 2 is 2.05 bits per heavy atom. The number of nitrogens with one attached hydrogen (secondary N) is 1. The van der Waals surface area contributed by atoms with Crippen LogP contribution < -0.4 is 4.72 Å². The van der Waals surface area contributed by atoms with Gasteiger partial charge in [-0.1, -0.05) is 34.5 Å². The fourth-order valence-electron chi connectivity index (χ4n) is 2.60. The lowest BCUT2D eigenvalue weighted by Crippen LogP contribution is -2.45. The molecule has 1 aromatic carbocycles. The standard InChI is InChI=1S/C15H22BrClN2O2S/c1-11-5-7-19(8-6-11)12(2)10-18-22(20,21)15-4-3-13(16)9-14(15)17/h3-4,9,11-12,18H,5-8,10H2,1-2H3. The largest absolute Gasteiger partial charge is 0.299 e. The Labute approximate surface area is 146 Å². The van der Waals surface area contributed by atoms with Crippen LogP contribution in [-0.4, -0.2) is 39.0 Å². The van der Waals surface area contributed by atoms with E-state index >= 15 is 0 Å². The third-order valence-corrected chi connectivity index (χ3v) is 6.59. The Balaban J connectivity index is 1.97. The van der Waals surface area contributed by atoms with Gasteiger partial charge in [-0.15, -0.1) is 0 Å². The molecule has 0 aromatic heterocycles. The lowest BCUT2D eigenvalue weighted by Gasteiger charge is -2.34. The third kappa shape index (κ3) is 4.68. The highest BCUT2D eigenvalue weighted by Crippen LogP contribution is 2.25. The molecule has 1 heterocycles. The Hall–Kier alpha value is -0.140. The predicted molar refractivity (Wildman–Crippen MR) is 93.8 cm³/mol. The van der Waals surface area contributed by atoms with Gasteiger partial charge in [-0.05, 0) is 57.0 Å². The lowest BCUT2D eigenvalue weighted by atomic mass is 9.98. The van der Waals surface area contributed by atoms with Crippen molar-refractivity contribution in [1.82, 2.24) is 9.62 Å².